The summed E-state index contributed by atoms with van der Waals surface area (Å²) in [6.45, 7) is 3.84. The first-order valence-corrected chi connectivity index (χ1v) is 9.41. The minimum absolute atomic E-state index is 0.0525. The van der Waals surface area contributed by atoms with Crippen molar-refractivity contribution in [2.45, 2.75) is 25.5 Å². The number of ether oxygens (including phenoxy) is 1. The molecule has 2 heterocycles. The smallest absolute Gasteiger partial charge is 0.318 e. The van der Waals surface area contributed by atoms with Crippen LogP contribution >= 0.6 is 22.9 Å². The maximum Gasteiger partial charge on any atom is 0.318 e. The lowest BCUT2D eigenvalue weighted by Crippen LogP contribution is -2.52. The molecule has 2 amide bonds. The molecule has 1 aliphatic heterocycles. The molecule has 0 aliphatic carbocycles. The molecular formula is C16H24ClN3O4S. The molecule has 1 aromatic heterocycles. The summed E-state index contributed by atoms with van der Waals surface area (Å²) in [7, 11) is 1.73. The second-order valence-electron chi connectivity index (χ2n) is 6.08. The van der Waals surface area contributed by atoms with Crippen LogP contribution in [0.15, 0.2) is 12.1 Å². The molecular weight excluding hydrogens is 366 g/mol. The number of hydrogen-bond acceptors (Lipinski definition) is 5. The van der Waals surface area contributed by atoms with Crippen LogP contribution in [-0.4, -0.2) is 72.8 Å². The molecule has 0 aromatic carbocycles. The lowest BCUT2D eigenvalue weighted by atomic mass is 10.2. The average molecular weight is 390 g/mol. The van der Waals surface area contributed by atoms with Crippen molar-refractivity contribution in [3.8, 4) is 0 Å². The Balaban J connectivity index is 1.89. The Morgan fingerprint density at radius 2 is 2.32 bits per heavy atom. The SMILES string of the molecule is CCC(NC(=O)N1CCOC(CN(C)CC(=O)O)C1)c1ccc(Cl)s1. The summed E-state index contributed by atoms with van der Waals surface area (Å²) in [5.74, 6) is -0.881. The number of hydrogen-bond donors (Lipinski definition) is 2. The number of morpholine rings is 1. The van der Waals surface area contributed by atoms with E-state index >= 15 is 0 Å². The third-order valence-corrected chi connectivity index (χ3v) is 5.33. The lowest BCUT2D eigenvalue weighted by molar-refractivity contribution is -0.138. The van der Waals surface area contributed by atoms with E-state index in [-0.39, 0.29) is 24.7 Å². The van der Waals surface area contributed by atoms with Gasteiger partial charge in [0.25, 0.3) is 0 Å². The molecule has 2 rings (SSSR count). The molecule has 25 heavy (non-hydrogen) atoms. The Morgan fingerprint density at radius 3 is 2.92 bits per heavy atom. The van der Waals surface area contributed by atoms with Crippen molar-refractivity contribution in [3.63, 3.8) is 0 Å². The molecule has 0 saturated carbocycles. The summed E-state index contributed by atoms with van der Waals surface area (Å²) in [4.78, 5) is 27.8. The first-order chi connectivity index (χ1) is 11.9. The first-order valence-electron chi connectivity index (χ1n) is 8.21. The zero-order valence-electron chi connectivity index (χ0n) is 14.4. The molecule has 2 N–H and O–H groups in total. The van der Waals surface area contributed by atoms with Gasteiger partial charge in [-0.2, -0.15) is 0 Å². The summed E-state index contributed by atoms with van der Waals surface area (Å²) >= 11 is 7.45. The molecule has 0 spiro atoms. The van der Waals surface area contributed by atoms with Crippen molar-refractivity contribution in [2.24, 2.45) is 0 Å². The Labute approximate surface area is 156 Å². The van der Waals surface area contributed by atoms with Gasteiger partial charge >= 0.3 is 12.0 Å². The van der Waals surface area contributed by atoms with Gasteiger partial charge < -0.3 is 20.1 Å². The summed E-state index contributed by atoms with van der Waals surface area (Å²) < 4.78 is 6.36. The normalized spacial score (nSPS) is 19.0. The highest BCUT2D eigenvalue weighted by Gasteiger charge is 2.27. The number of thiophene rings is 1. The second kappa shape index (κ2) is 9.38. The minimum atomic E-state index is -0.881. The van der Waals surface area contributed by atoms with Gasteiger partial charge in [-0.1, -0.05) is 18.5 Å². The molecule has 1 fully saturated rings. The molecule has 0 bridgehead atoms. The number of carbonyl (C=O) groups excluding carboxylic acids is 1. The maximum absolute atomic E-state index is 12.6. The summed E-state index contributed by atoms with van der Waals surface area (Å²) in [6, 6.07) is 3.57. The van der Waals surface area contributed by atoms with Gasteiger partial charge in [0.1, 0.15) is 0 Å². The predicted octanol–water partition coefficient (Wildman–Crippen LogP) is 2.28. The fourth-order valence-corrected chi connectivity index (χ4v) is 3.98. The van der Waals surface area contributed by atoms with Crippen LogP contribution in [-0.2, 0) is 9.53 Å². The molecule has 2 atom stereocenters. The zero-order valence-corrected chi connectivity index (χ0v) is 16.0. The van der Waals surface area contributed by atoms with Crippen LogP contribution in [0.5, 0.6) is 0 Å². The molecule has 7 nitrogen and oxygen atoms in total. The van der Waals surface area contributed by atoms with Crippen molar-refractivity contribution in [3.05, 3.63) is 21.3 Å². The highest BCUT2D eigenvalue weighted by molar-refractivity contribution is 7.16. The molecule has 1 aromatic rings. The van der Waals surface area contributed by atoms with E-state index in [1.54, 1.807) is 16.8 Å². The minimum Gasteiger partial charge on any atom is -0.480 e. The monoisotopic (exact) mass is 389 g/mol. The average Bonchev–Trinajstić information content (AvgIpc) is 2.98. The number of rotatable bonds is 7. The summed E-state index contributed by atoms with van der Waals surface area (Å²) in [6.07, 6.45) is 0.581. The largest absolute Gasteiger partial charge is 0.480 e. The van der Waals surface area contributed by atoms with Gasteiger partial charge in [-0.3, -0.25) is 9.69 Å². The van der Waals surface area contributed by atoms with Gasteiger partial charge in [0, 0.05) is 24.5 Å². The van der Waals surface area contributed by atoms with Crippen LogP contribution < -0.4 is 5.32 Å². The van der Waals surface area contributed by atoms with Gasteiger partial charge in [-0.15, -0.1) is 11.3 Å². The van der Waals surface area contributed by atoms with Crippen molar-refractivity contribution in [1.82, 2.24) is 15.1 Å². The van der Waals surface area contributed by atoms with E-state index in [0.717, 1.165) is 11.3 Å². The van der Waals surface area contributed by atoms with E-state index < -0.39 is 5.97 Å². The molecule has 2 unspecified atom stereocenters. The van der Waals surface area contributed by atoms with Crippen LogP contribution in [0.2, 0.25) is 4.34 Å². The lowest BCUT2D eigenvalue weighted by Gasteiger charge is -2.35. The fraction of sp³-hybridized carbons (Fsp3) is 0.625. The number of carboxylic acid groups (broad SMARTS) is 1. The Hall–Kier alpha value is -1.35. The van der Waals surface area contributed by atoms with Crippen LogP contribution in [0, 0.1) is 0 Å². The Kier molecular flexibility index (Phi) is 7.49. The zero-order chi connectivity index (χ0) is 18.4. The van der Waals surface area contributed by atoms with E-state index in [9.17, 15) is 9.59 Å². The maximum atomic E-state index is 12.6. The van der Waals surface area contributed by atoms with Crippen LogP contribution in [0.4, 0.5) is 4.79 Å². The number of carbonyl (C=O) groups is 2. The number of nitrogens with one attached hydrogen (secondary N) is 1. The molecule has 1 aliphatic rings. The van der Waals surface area contributed by atoms with Crippen LogP contribution in [0.3, 0.4) is 0 Å². The fourth-order valence-electron chi connectivity index (χ4n) is 2.79. The van der Waals surface area contributed by atoms with Gasteiger partial charge in [-0.25, -0.2) is 4.79 Å². The number of likely N-dealkylation sites (N-methyl/N-ethyl adjacent to an activating group) is 1. The Morgan fingerprint density at radius 1 is 1.56 bits per heavy atom. The van der Waals surface area contributed by atoms with Gasteiger partial charge in [0.2, 0.25) is 0 Å². The predicted molar refractivity (Wildman–Crippen MR) is 97.3 cm³/mol. The standard InChI is InChI=1S/C16H24ClN3O4S/c1-3-12(13-4-5-14(17)25-13)18-16(23)20-6-7-24-11(9-20)8-19(2)10-15(21)22/h4-5,11-12H,3,6-10H2,1-2H3,(H,18,23)(H,21,22). The van der Waals surface area contributed by atoms with E-state index in [4.69, 9.17) is 21.4 Å². The molecule has 140 valence electrons. The number of carboxylic acids is 1. The molecule has 9 heteroatoms. The second-order valence-corrected chi connectivity index (χ2v) is 7.83. The van der Waals surface area contributed by atoms with Crippen molar-refractivity contribution in [2.75, 3.05) is 39.8 Å². The van der Waals surface area contributed by atoms with Crippen LogP contribution in [0.1, 0.15) is 24.3 Å². The molecule has 1 saturated heterocycles. The highest BCUT2D eigenvalue weighted by atomic mass is 35.5. The van der Waals surface area contributed by atoms with E-state index in [2.05, 4.69) is 5.32 Å². The quantitative estimate of drug-likeness (QED) is 0.747. The summed E-state index contributed by atoms with van der Waals surface area (Å²) in [5, 5.41) is 11.9. The third-order valence-electron chi connectivity index (χ3n) is 3.99. The first kappa shape index (κ1) is 20.0. The number of amides is 2. The highest BCUT2D eigenvalue weighted by Crippen LogP contribution is 2.28. The topological polar surface area (TPSA) is 82.1 Å². The number of aliphatic carboxylic acids is 1. The van der Waals surface area contributed by atoms with E-state index in [1.807, 2.05) is 19.1 Å². The van der Waals surface area contributed by atoms with Gasteiger partial charge in [0.05, 0.1) is 29.6 Å². The molecule has 0 radical (unpaired) electrons. The van der Waals surface area contributed by atoms with E-state index in [0.29, 0.717) is 30.6 Å². The van der Waals surface area contributed by atoms with E-state index in [1.165, 1.54) is 11.3 Å². The van der Waals surface area contributed by atoms with Crippen molar-refractivity contribution in [1.29, 1.82) is 0 Å². The summed E-state index contributed by atoms with van der Waals surface area (Å²) in [5.41, 5.74) is 0. The third kappa shape index (κ3) is 6.14. The number of nitrogens with zero attached hydrogens (tertiary/aromatic N) is 2. The number of urea groups is 1. The van der Waals surface area contributed by atoms with Crippen molar-refractivity contribution < 1.29 is 19.4 Å². The Bertz CT molecular complexity index is 598. The number of halogens is 1. The van der Waals surface area contributed by atoms with Crippen molar-refractivity contribution >= 4 is 34.9 Å². The van der Waals surface area contributed by atoms with Gasteiger partial charge in [-0.05, 0) is 25.6 Å². The van der Waals surface area contributed by atoms with Gasteiger partial charge in [0.15, 0.2) is 0 Å². The van der Waals surface area contributed by atoms with Crippen LogP contribution in [0.25, 0.3) is 0 Å².